The molecule has 2 rings (SSSR count). The first-order valence-corrected chi connectivity index (χ1v) is 7.73. The van der Waals surface area contributed by atoms with E-state index in [0.29, 0.717) is 11.1 Å². The molecule has 1 fully saturated rings. The first-order valence-electron chi connectivity index (χ1n) is 7.35. The largest absolute Gasteiger partial charge is 0.336 e. The summed E-state index contributed by atoms with van der Waals surface area (Å²) in [4.78, 5) is 14.8. The monoisotopic (exact) mass is 294 g/mol. The Bertz CT molecular complexity index is 476. The molecule has 0 bridgehead atoms. The smallest absolute Gasteiger partial charge is 0.254 e. The summed E-state index contributed by atoms with van der Waals surface area (Å²) in [6.07, 6.45) is 4.43. The number of nitrogens with one attached hydrogen (secondary N) is 1. The van der Waals surface area contributed by atoms with Crippen LogP contribution in [0, 0.1) is 6.92 Å². The summed E-state index contributed by atoms with van der Waals surface area (Å²) >= 11 is 6.04. The van der Waals surface area contributed by atoms with Crippen molar-refractivity contribution in [1.82, 2.24) is 10.2 Å². The van der Waals surface area contributed by atoms with Crippen LogP contribution >= 0.6 is 11.6 Å². The van der Waals surface area contributed by atoms with E-state index in [1.54, 1.807) is 6.07 Å². The van der Waals surface area contributed by atoms with Crippen LogP contribution in [-0.4, -0.2) is 37.0 Å². The molecule has 0 spiro atoms. The van der Waals surface area contributed by atoms with Crippen LogP contribution in [0.25, 0.3) is 0 Å². The molecule has 1 atom stereocenters. The number of rotatable bonds is 4. The van der Waals surface area contributed by atoms with Crippen molar-refractivity contribution in [3.8, 4) is 0 Å². The van der Waals surface area contributed by atoms with Gasteiger partial charge < -0.3 is 10.2 Å². The number of piperidine rings is 1. The van der Waals surface area contributed by atoms with Crippen LogP contribution in [0.3, 0.4) is 0 Å². The molecule has 4 heteroatoms. The van der Waals surface area contributed by atoms with E-state index in [9.17, 15) is 4.79 Å². The number of likely N-dealkylation sites (tertiary alicyclic amines) is 1. The van der Waals surface area contributed by atoms with Crippen molar-refractivity contribution in [2.24, 2.45) is 0 Å². The highest BCUT2D eigenvalue weighted by atomic mass is 35.5. The molecule has 1 heterocycles. The standard InChI is InChI=1S/C16H23ClN2O/c1-12-6-7-13(17)11-15(12)16(20)19-10-4-3-5-14(19)8-9-18-2/h6-7,11,14,18H,3-5,8-10H2,1-2H3. The fourth-order valence-corrected chi connectivity index (χ4v) is 3.03. The van der Waals surface area contributed by atoms with Gasteiger partial charge in [0.1, 0.15) is 0 Å². The molecule has 1 aliphatic rings. The summed E-state index contributed by atoms with van der Waals surface area (Å²) in [6.45, 7) is 3.78. The van der Waals surface area contributed by atoms with Gasteiger partial charge in [0.2, 0.25) is 0 Å². The van der Waals surface area contributed by atoms with Gasteiger partial charge in [-0.15, -0.1) is 0 Å². The lowest BCUT2D eigenvalue weighted by molar-refractivity contribution is 0.0602. The fraction of sp³-hybridized carbons (Fsp3) is 0.562. The zero-order chi connectivity index (χ0) is 14.5. The molecule has 1 aliphatic heterocycles. The molecule has 0 aliphatic carbocycles. The first-order chi connectivity index (χ1) is 9.63. The van der Waals surface area contributed by atoms with Crippen LogP contribution in [0.5, 0.6) is 0 Å². The lowest BCUT2D eigenvalue weighted by atomic mass is 9.97. The third-order valence-corrected chi connectivity index (χ3v) is 4.28. The molecule has 3 nitrogen and oxygen atoms in total. The predicted molar refractivity (Wildman–Crippen MR) is 83.4 cm³/mol. The van der Waals surface area contributed by atoms with Crippen molar-refractivity contribution in [2.75, 3.05) is 20.1 Å². The van der Waals surface area contributed by atoms with Gasteiger partial charge in [-0.1, -0.05) is 17.7 Å². The maximum absolute atomic E-state index is 12.8. The number of aryl methyl sites for hydroxylation is 1. The Morgan fingerprint density at radius 1 is 1.45 bits per heavy atom. The maximum Gasteiger partial charge on any atom is 0.254 e. The summed E-state index contributed by atoms with van der Waals surface area (Å²) in [5, 5.41) is 3.80. The van der Waals surface area contributed by atoms with E-state index < -0.39 is 0 Å². The van der Waals surface area contributed by atoms with E-state index >= 15 is 0 Å². The Kier molecular flexibility index (Phi) is 5.44. The van der Waals surface area contributed by atoms with Crippen LogP contribution in [-0.2, 0) is 0 Å². The van der Waals surface area contributed by atoms with Gasteiger partial charge in [-0.3, -0.25) is 4.79 Å². The van der Waals surface area contributed by atoms with Gasteiger partial charge in [-0.25, -0.2) is 0 Å². The van der Waals surface area contributed by atoms with E-state index in [1.165, 1.54) is 6.42 Å². The van der Waals surface area contributed by atoms with E-state index in [1.807, 2.05) is 31.0 Å². The Morgan fingerprint density at radius 3 is 3.00 bits per heavy atom. The number of halogens is 1. The molecule has 1 N–H and O–H groups in total. The van der Waals surface area contributed by atoms with Crippen LogP contribution in [0.2, 0.25) is 5.02 Å². The highest BCUT2D eigenvalue weighted by Crippen LogP contribution is 2.24. The summed E-state index contributed by atoms with van der Waals surface area (Å²) in [7, 11) is 1.95. The Morgan fingerprint density at radius 2 is 2.25 bits per heavy atom. The second-order valence-electron chi connectivity index (χ2n) is 5.50. The summed E-state index contributed by atoms with van der Waals surface area (Å²) in [5.41, 5.74) is 1.74. The van der Waals surface area contributed by atoms with E-state index in [2.05, 4.69) is 5.32 Å². The number of nitrogens with zero attached hydrogens (tertiary/aromatic N) is 1. The van der Waals surface area contributed by atoms with Gasteiger partial charge >= 0.3 is 0 Å². The second kappa shape index (κ2) is 7.09. The number of carbonyl (C=O) groups is 1. The normalized spacial score (nSPS) is 19.1. The zero-order valence-corrected chi connectivity index (χ0v) is 13.0. The molecule has 110 valence electrons. The predicted octanol–water partition coefficient (Wildman–Crippen LogP) is 3.25. The van der Waals surface area contributed by atoms with Crippen LogP contribution in [0.15, 0.2) is 18.2 Å². The van der Waals surface area contributed by atoms with Crippen LogP contribution in [0.1, 0.15) is 41.6 Å². The number of amides is 1. The molecule has 1 amide bonds. The van der Waals surface area contributed by atoms with Crippen molar-refractivity contribution in [2.45, 2.75) is 38.6 Å². The van der Waals surface area contributed by atoms with Crippen LogP contribution in [0.4, 0.5) is 0 Å². The quantitative estimate of drug-likeness (QED) is 0.924. The molecule has 0 radical (unpaired) electrons. The Balaban J connectivity index is 2.18. The van der Waals surface area contributed by atoms with E-state index in [0.717, 1.165) is 43.5 Å². The lowest BCUT2D eigenvalue weighted by Crippen LogP contribution is -2.45. The highest BCUT2D eigenvalue weighted by molar-refractivity contribution is 6.31. The molecule has 0 saturated carbocycles. The van der Waals surface area contributed by atoms with Gasteiger partial charge in [0.25, 0.3) is 5.91 Å². The van der Waals surface area contributed by atoms with Gasteiger partial charge in [0.05, 0.1) is 0 Å². The fourth-order valence-electron chi connectivity index (χ4n) is 2.86. The minimum absolute atomic E-state index is 0.130. The number of hydrogen-bond acceptors (Lipinski definition) is 2. The second-order valence-corrected chi connectivity index (χ2v) is 5.94. The highest BCUT2D eigenvalue weighted by Gasteiger charge is 2.27. The van der Waals surface area contributed by atoms with Crippen LogP contribution < -0.4 is 5.32 Å². The van der Waals surface area contributed by atoms with Gasteiger partial charge in [-0.05, 0) is 63.9 Å². The lowest BCUT2D eigenvalue weighted by Gasteiger charge is -2.36. The maximum atomic E-state index is 12.8. The van der Waals surface area contributed by atoms with Gasteiger partial charge in [0, 0.05) is 23.2 Å². The molecule has 1 unspecified atom stereocenters. The number of benzene rings is 1. The Hall–Kier alpha value is -1.06. The average Bonchev–Trinajstić information content (AvgIpc) is 2.47. The summed E-state index contributed by atoms with van der Waals surface area (Å²) in [6, 6.07) is 5.90. The average molecular weight is 295 g/mol. The minimum Gasteiger partial charge on any atom is -0.336 e. The third-order valence-electron chi connectivity index (χ3n) is 4.05. The molecule has 1 aromatic rings. The van der Waals surface area contributed by atoms with Gasteiger partial charge in [0.15, 0.2) is 0 Å². The van der Waals surface area contributed by atoms with Crippen molar-refractivity contribution >= 4 is 17.5 Å². The first kappa shape index (κ1) is 15.3. The minimum atomic E-state index is 0.130. The zero-order valence-electron chi connectivity index (χ0n) is 12.3. The van der Waals surface area contributed by atoms with Crippen molar-refractivity contribution < 1.29 is 4.79 Å². The van der Waals surface area contributed by atoms with Gasteiger partial charge in [-0.2, -0.15) is 0 Å². The SMILES string of the molecule is CNCCC1CCCCN1C(=O)c1cc(Cl)ccc1C. The molecular weight excluding hydrogens is 272 g/mol. The Labute approximate surface area is 126 Å². The molecular formula is C16H23ClN2O. The van der Waals surface area contributed by atoms with Crippen molar-refractivity contribution in [3.05, 3.63) is 34.3 Å². The molecule has 0 aromatic heterocycles. The van der Waals surface area contributed by atoms with Crippen molar-refractivity contribution in [1.29, 1.82) is 0 Å². The van der Waals surface area contributed by atoms with Crippen molar-refractivity contribution in [3.63, 3.8) is 0 Å². The molecule has 1 aromatic carbocycles. The third kappa shape index (κ3) is 3.53. The molecule has 20 heavy (non-hydrogen) atoms. The topological polar surface area (TPSA) is 32.3 Å². The number of hydrogen-bond donors (Lipinski definition) is 1. The number of carbonyl (C=O) groups excluding carboxylic acids is 1. The van der Waals surface area contributed by atoms with E-state index in [4.69, 9.17) is 11.6 Å². The van der Waals surface area contributed by atoms with E-state index in [-0.39, 0.29) is 5.91 Å². The summed E-state index contributed by atoms with van der Waals surface area (Å²) < 4.78 is 0. The summed E-state index contributed by atoms with van der Waals surface area (Å²) in [5.74, 6) is 0.130. The molecule has 1 saturated heterocycles.